The lowest BCUT2D eigenvalue weighted by atomic mass is 9.81. The molecule has 20 heavy (non-hydrogen) atoms. The van der Waals surface area contributed by atoms with E-state index in [4.69, 9.17) is 4.74 Å². The molecule has 0 amide bonds. The third kappa shape index (κ3) is 4.78. The third-order valence-electron chi connectivity index (χ3n) is 4.27. The number of hydrogen-bond acceptors (Lipinski definition) is 2. The van der Waals surface area contributed by atoms with Gasteiger partial charge in [-0.25, -0.2) is 0 Å². The van der Waals surface area contributed by atoms with E-state index >= 15 is 0 Å². The minimum atomic E-state index is 0.393. The van der Waals surface area contributed by atoms with Crippen molar-refractivity contribution in [3.63, 3.8) is 0 Å². The fourth-order valence-corrected chi connectivity index (χ4v) is 2.97. The molecule has 0 bridgehead atoms. The normalized spacial score (nSPS) is 17.8. The van der Waals surface area contributed by atoms with Crippen molar-refractivity contribution in [3.8, 4) is 5.75 Å². The van der Waals surface area contributed by atoms with Gasteiger partial charge in [0.1, 0.15) is 5.75 Å². The highest BCUT2D eigenvalue weighted by Crippen LogP contribution is 2.47. The van der Waals surface area contributed by atoms with Crippen LogP contribution in [0.5, 0.6) is 5.75 Å². The predicted molar refractivity (Wildman–Crippen MR) is 88.2 cm³/mol. The van der Waals surface area contributed by atoms with Gasteiger partial charge in [-0.3, -0.25) is 0 Å². The molecule has 0 radical (unpaired) electrons. The number of ether oxygens (including phenoxy) is 1. The van der Waals surface area contributed by atoms with Gasteiger partial charge in [-0.1, -0.05) is 29.8 Å². The number of halogens is 1. The first-order valence-corrected chi connectivity index (χ1v) is 8.52. The molecule has 1 N–H and O–H groups in total. The summed E-state index contributed by atoms with van der Waals surface area (Å²) in [5, 5.41) is 3.59. The average Bonchev–Trinajstić information content (AvgIpc) is 3.26. The maximum Gasteiger partial charge on any atom is 0.119 e. The molecular weight excluding hydrogens is 314 g/mol. The zero-order valence-corrected chi connectivity index (χ0v) is 14.2. The first-order chi connectivity index (χ1) is 9.64. The Morgan fingerprint density at radius 3 is 2.60 bits per heavy atom. The van der Waals surface area contributed by atoms with E-state index in [0.29, 0.717) is 5.41 Å². The molecule has 2 rings (SSSR count). The molecular formula is C17H26BrNO. The summed E-state index contributed by atoms with van der Waals surface area (Å²) in [6.45, 7) is 7.68. The third-order valence-corrected chi connectivity index (χ3v) is 4.80. The predicted octanol–water partition coefficient (Wildman–Crippen LogP) is 4.63. The van der Waals surface area contributed by atoms with Crippen LogP contribution in [0.15, 0.2) is 28.7 Å². The zero-order chi connectivity index (χ0) is 14.4. The Labute approximate surface area is 131 Å². The Morgan fingerprint density at radius 1 is 1.30 bits per heavy atom. The summed E-state index contributed by atoms with van der Waals surface area (Å²) in [6.07, 6.45) is 5.12. The van der Waals surface area contributed by atoms with Crippen LogP contribution >= 0.6 is 15.9 Å². The minimum Gasteiger partial charge on any atom is -0.494 e. The second kappa shape index (κ2) is 7.46. The summed E-state index contributed by atoms with van der Waals surface area (Å²) in [6, 6.07) is 8.10. The molecule has 0 saturated heterocycles. The Morgan fingerprint density at radius 2 is 2.00 bits per heavy atom. The molecule has 112 valence electrons. The SMILES string of the molecule is CCCNCC(C)(CCOc1ccc(Br)cc1)C1CC1. The summed E-state index contributed by atoms with van der Waals surface area (Å²) < 4.78 is 6.99. The van der Waals surface area contributed by atoms with Gasteiger partial charge >= 0.3 is 0 Å². The fourth-order valence-electron chi connectivity index (χ4n) is 2.70. The highest BCUT2D eigenvalue weighted by atomic mass is 79.9. The van der Waals surface area contributed by atoms with Gasteiger partial charge < -0.3 is 10.1 Å². The Kier molecular flexibility index (Phi) is 5.91. The summed E-state index contributed by atoms with van der Waals surface area (Å²) >= 11 is 3.44. The zero-order valence-electron chi connectivity index (χ0n) is 12.6. The van der Waals surface area contributed by atoms with Crippen molar-refractivity contribution in [1.82, 2.24) is 5.32 Å². The standard InChI is InChI=1S/C17H26BrNO/c1-3-11-19-13-17(2,14-4-5-14)10-12-20-16-8-6-15(18)7-9-16/h6-9,14,19H,3-5,10-13H2,1-2H3. The van der Waals surface area contributed by atoms with Gasteiger partial charge in [-0.05, 0) is 67.8 Å². The topological polar surface area (TPSA) is 21.3 Å². The van der Waals surface area contributed by atoms with E-state index < -0.39 is 0 Å². The molecule has 0 heterocycles. The van der Waals surface area contributed by atoms with E-state index in [-0.39, 0.29) is 0 Å². The summed E-state index contributed by atoms with van der Waals surface area (Å²) in [5.74, 6) is 1.85. The Bertz CT molecular complexity index is 402. The maximum absolute atomic E-state index is 5.89. The number of benzene rings is 1. The quantitative estimate of drug-likeness (QED) is 0.662. The van der Waals surface area contributed by atoms with Crippen LogP contribution in [0.4, 0.5) is 0 Å². The molecule has 2 nitrogen and oxygen atoms in total. The van der Waals surface area contributed by atoms with Crippen molar-refractivity contribution < 1.29 is 4.74 Å². The van der Waals surface area contributed by atoms with E-state index in [1.54, 1.807) is 0 Å². The van der Waals surface area contributed by atoms with Gasteiger partial charge in [-0.2, -0.15) is 0 Å². The summed E-state index contributed by atoms with van der Waals surface area (Å²) in [7, 11) is 0. The molecule has 1 aliphatic rings. The molecule has 1 aromatic rings. The van der Waals surface area contributed by atoms with Gasteiger partial charge in [0.25, 0.3) is 0 Å². The minimum absolute atomic E-state index is 0.393. The van der Waals surface area contributed by atoms with Crippen LogP contribution in [-0.4, -0.2) is 19.7 Å². The van der Waals surface area contributed by atoms with Crippen molar-refractivity contribution >= 4 is 15.9 Å². The van der Waals surface area contributed by atoms with Gasteiger partial charge in [0.05, 0.1) is 6.61 Å². The van der Waals surface area contributed by atoms with Crippen LogP contribution in [0, 0.1) is 11.3 Å². The fraction of sp³-hybridized carbons (Fsp3) is 0.647. The van der Waals surface area contributed by atoms with Crippen LogP contribution < -0.4 is 10.1 Å². The number of nitrogens with one attached hydrogen (secondary N) is 1. The van der Waals surface area contributed by atoms with Gasteiger partial charge in [0.15, 0.2) is 0 Å². The van der Waals surface area contributed by atoms with Gasteiger partial charge in [0.2, 0.25) is 0 Å². The van der Waals surface area contributed by atoms with Crippen molar-refractivity contribution in [1.29, 1.82) is 0 Å². The lowest BCUT2D eigenvalue weighted by molar-refractivity contribution is 0.180. The van der Waals surface area contributed by atoms with E-state index in [1.807, 2.05) is 24.3 Å². The van der Waals surface area contributed by atoms with Gasteiger partial charge in [-0.15, -0.1) is 0 Å². The smallest absolute Gasteiger partial charge is 0.119 e. The summed E-state index contributed by atoms with van der Waals surface area (Å²) in [5.41, 5.74) is 0.393. The maximum atomic E-state index is 5.89. The molecule has 3 heteroatoms. The molecule has 1 aromatic carbocycles. The van der Waals surface area contributed by atoms with E-state index in [2.05, 4.69) is 35.1 Å². The highest BCUT2D eigenvalue weighted by Gasteiger charge is 2.40. The van der Waals surface area contributed by atoms with Crippen molar-refractivity contribution in [2.75, 3.05) is 19.7 Å². The molecule has 1 unspecified atom stereocenters. The first-order valence-electron chi connectivity index (χ1n) is 7.73. The largest absolute Gasteiger partial charge is 0.494 e. The number of hydrogen-bond donors (Lipinski definition) is 1. The van der Waals surface area contributed by atoms with Crippen molar-refractivity contribution in [3.05, 3.63) is 28.7 Å². The lowest BCUT2D eigenvalue weighted by Gasteiger charge is -2.30. The van der Waals surface area contributed by atoms with Crippen LogP contribution in [0.25, 0.3) is 0 Å². The molecule has 0 aliphatic heterocycles. The Balaban J connectivity index is 1.78. The molecule has 1 atom stereocenters. The van der Waals surface area contributed by atoms with Crippen molar-refractivity contribution in [2.24, 2.45) is 11.3 Å². The molecule has 0 aromatic heterocycles. The average molecular weight is 340 g/mol. The van der Waals surface area contributed by atoms with E-state index in [1.165, 1.54) is 19.3 Å². The molecule has 1 saturated carbocycles. The van der Waals surface area contributed by atoms with E-state index in [9.17, 15) is 0 Å². The second-order valence-electron chi connectivity index (χ2n) is 6.16. The van der Waals surface area contributed by atoms with Crippen LogP contribution in [0.1, 0.15) is 39.5 Å². The van der Waals surface area contributed by atoms with Crippen LogP contribution in [0.2, 0.25) is 0 Å². The van der Waals surface area contributed by atoms with Gasteiger partial charge in [0, 0.05) is 11.0 Å². The van der Waals surface area contributed by atoms with Crippen molar-refractivity contribution in [2.45, 2.75) is 39.5 Å². The van der Waals surface area contributed by atoms with Crippen LogP contribution in [-0.2, 0) is 0 Å². The summed E-state index contributed by atoms with van der Waals surface area (Å²) in [4.78, 5) is 0. The van der Waals surface area contributed by atoms with E-state index in [0.717, 1.165) is 42.3 Å². The second-order valence-corrected chi connectivity index (χ2v) is 7.07. The monoisotopic (exact) mass is 339 g/mol. The number of rotatable bonds is 9. The Hall–Kier alpha value is -0.540. The molecule has 1 fully saturated rings. The molecule has 1 aliphatic carbocycles. The lowest BCUT2D eigenvalue weighted by Crippen LogP contribution is -2.35. The van der Waals surface area contributed by atoms with Crippen LogP contribution in [0.3, 0.4) is 0 Å². The first kappa shape index (κ1) is 15.8. The highest BCUT2D eigenvalue weighted by molar-refractivity contribution is 9.10. The molecule has 0 spiro atoms.